The Balaban J connectivity index is 1.58. The van der Waals surface area contributed by atoms with Crippen molar-refractivity contribution in [1.29, 1.82) is 0 Å². The predicted octanol–water partition coefficient (Wildman–Crippen LogP) is 5.05. The molecule has 0 radical (unpaired) electrons. The van der Waals surface area contributed by atoms with Gasteiger partial charge >= 0.3 is 0 Å². The molecule has 2 heterocycles. The van der Waals surface area contributed by atoms with E-state index in [1.165, 1.54) is 11.1 Å². The number of hydrogen-bond acceptors (Lipinski definition) is 5. The minimum atomic E-state index is 0.0507. The van der Waals surface area contributed by atoms with Crippen LogP contribution in [-0.4, -0.2) is 31.2 Å². The highest BCUT2D eigenvalue weighted by atomic mass is 32.1. The molecule has 30 heavy (non-hydrogen) atoms. The molecule has 5 nitrogen and oxygen atoms in total. The van der Waals surface area contributed by atoms with E-state index in [2.05, 4.69) is 13.0 Å². The van der Waals surface area contributed by atoms with Gasteiger partial charge in [0.05, 0.1) is 37.1 Å². The Morgan fingerprint density at radius 1 is 1.20 bits per heavy atom. The lowest BCUT2D eigenvalue weighted by Gasteiger charge is -2.32. The van der Waals surface area contributed by atoms with Gasteiger partial charge in [-0.15, -0.1) is 11.3 Å². The lowest BCUT2D eigenvalue weighted by atomic mass is 9.96. The van der Waals surface area contributed by atoms with Crippen LogP contribution in [0.3, 0.4) is 0 Å². The molecule has 0 saturated carbocycles. The molecule has 1 amide bonds. The Morgan fingerprint density at radius 2 is 2.03 bits per heavy atom. The van der Waals surface area contributed by atoms with Gasteiger partial charge in [0.15, 0.2) is 0 Å². The molecular formula is C24H26N2O3S. The quantitative estimate of drug-likeness (QED) is 0.558. The zero-order valence-corrected chi connectivity index (χ0v) is 18.4. The van der Waals surface area contributed by atoms with Crippen molar-refractivity contribution in [1.82, 2.24) is 4.98 Å². The van der Waals surface area contributed by atoms with Gasteiger partial charge in [-0.25, -0.2) is 4.98 Å². The molecule has 0 bridgehead atoms. The van der Waals surface area contributed by atoms with Gasteiger partial charge in [-0.2, -0.15) is 0 Å². The molecule has 3 aromatic rings. The van der Waals surface area contributed by atoms with Crippen molar-refractivity contribution in [3.63, 3.8) is 0 Å². The minimum Gasteiger partial charge on any atom is -0.495 e. The van der Waals surface area contributed by atoms with Crippen LogP contribution in [0.15, 0.2) is 41.8 Å². The molecule has 0 atom stereocenters. The van der Waals surface area contributed by atoms with Crippen molar-refractivity contribution in [3.8, 4) is 22.1 Å². The summed E-state index contributed by atoms with van der Waals surface area (Å²) in [5.74, 6) is 1.63. The minimum absolute atomic E-state index is 0.0507. The SMILES string of the molecule is CCOc1ccccc1-c1nc(CC(=O)N2CCCc3c(C)ccc(OC)c32)cs1. The summed E-state index contributed by atoms with van der Waals surface area (Å²) in [6.07, 6.45) is 2.19. The molecule has 4 rings (SSSR count). The van der Waals surface area contributed by atoms with Crippen LogP contribution in [0.2, 0.25) is 0 Å². The number of amides is 1. The zero-order chi connectivity index (χ0) is 21.1. The topological polar surface area (TPSA) is 51.7 Å². The third-order valence-corrected chi connectivity index (χ3v) is 6.31. The van der Waals surface area contributed by atoms with Gasteiger partial charge in [0.25, 0.3) is 0 Å². The average Bonchev–Trinajstić information content (AvgIpc) is 3.22. The van der Waals surface area contributed by atoms with Crippen LogP contribution in [-0.2, 0) is 17.6 Å². The van der Waals surface area contributed by atoms with Gasteiger partial charge in [-0.05, 0) is 56.0 Å². The summed E-state index contributed by atoms with van der Waals surface area (Å²) in [5.41, 5.74) is 5.07. The van der Waals surface area contributed by atoms with Gasteiger partial charge in [-0.3, -0.25) is 4.79 Å². The number of ether oxygens (including phenoxy) is 2. The number of rotatable bonds is 6. The predicted molar refractivity (Wildman–Crippen MR) is 121 cm³/mol. The third-order valence-electron chi connectivity index (χ3n) is 5.38. The number of benzene rings is 2. The number of carbonyl (C=O) groups is 1. The van der Waals surface area contributed by atoms with E-state index in [0.717, 1.165) is 46.3 Å². The number of fused-ring (bicyclic) bond motifs is 1. The Kier molecular flexibility index (Phi) is 6.04. The second-order valence-electron chi connectivity index (χ2n) is 7.31. The van der Waals surface area contributed by atoms with Gasteiger partial charge in [-0.1, -0.05) is 18.2 Å². The summed E-state index contributed by atoms with van der Waals surface area (Å²) in [6, 6.07) is 11.9. The lowest BCUT2D eigenvalue weighted by Crippen LogP contribution is -2.37. The molecular weight excluding hydrogens is 396 g/mol. The summed E-state index contributed by atoms with van der Waals surface area (Å²) in [7, 11) is 1.66. The molecule has 156 valence electrons. The van der Waals surface area contributed by atoms with Crippen molar-refractivity contribution >= 4 is 22.9 Å². The van der Waals surface area contributed by atoms with Crippen LogP contribution in [0.5, 0.6) is 11.5 Å². The van der Waals surface area contributed by atoms with Gasteiger partial charge in [0.2, 0.25) is 5.91 Å². The van der Waals surface area contributed by atoms with E-state index in [1.54, 1.807) is 18.4 Å². The van der Waals surface area contributed by atoms with Crippen LogP contribution in [0, 0.1) is 6.92 Å². The highest BCUT2D eigenvalue weighted by Gasteiger charge is 2.27. The second kappa shape index (κ2) is 8.88. The van der Waals surface area contributed by atoms with Crippen molar-refractivity contribution < 1.29 is 14.3 Å². The fourth-order valence-electron chi connectivity index (χ4n) is 3.95. The maximum Gasteiger partial charge on any atom is 0.233 e. The Bertz CT molecular complexity index is 1060. The van der Waals surface area contributed by atoms with Crippen LogP contribution in [0.4, 0.5) is 5.69 Å². The standard InChI is InChI=1S/C24H26N2O3S/c1-4-29-20-10-6-5-8-19(20)24-25-17(15-30-24)14-22(27)26-13-7-9-18-16(2)11-12-21(28-3)23(18)26/h5-6,8,10-12,15H,4,7,9,13-14H2,1-3H3. The van der Waals surface area contributed by atoms with Crippen LogP contribution in [0.25, 0.3) is 10.6 Å². The molecule has 0 N–H and O–H groups in total. The first-order valence-corrected chi connectivity index (χ1v) is 11.1. The normalized spacial score (nSPS) is 13.1. The molecule has 0 saturated heterocycles. The smallest absolute Gasteiger partial charge is 0.233 e. The number of para-hydroxylation sites is 1. The van der Waals surface area contributed by atoms with E-state index < -0.39 is 0 Å². The number of anilines is 1. The number of methoxy groups -OCH3 is 1. The first kappa shape index (κ1) is 20.4. The van der Waals surface area contributed by atoms with Crippen LogP contribution >= 0.6 is 11.3 Å². The Labute approximate surface area is 181 Å². The Morgan fingerprint density at radius 3 is 2.83 bits per heavy atom. The number of nitrogens with zero attached hydrogens (tertiary/aromatic N) is 2. The largest absolute Gasteiger partial charge is 0.495 e. The van der Waals surface area contributed by atoms with E-state index in [-0.39, 0.29) is 12.3 Å². The monoisotopic (exact) mass is 422 g/mol. The average molecular weight is 423 g/mol. The van der Waals surface area contributed by atoms with Crippen LogP contribution in [0.1, 0.15) is 30.2 Å². The van der Waals surface area contributed by atoms with Gasteiger partial charge in [0.1, 0.15) is 16.5 Å². The summed E-state index contributed by atoms with van der Waals surface area (Å²) < 4.78 is 11.3. The molecule has 0 aliphatic carbocycles. The van der Waals surface area contributed by atoms with E-state index in [9.17, 15) is 4.79 Å². The highest BCUT2D eigenvalue weighted by Crippen LogP contribution is 2.39. The summed E-state index contributed by atoms with van der Waals surface area (Å²) >= 11 is 1.54. The van der Waals surface area contributed by atoms with Crippen molar-refractivity contribution in [2.24, 2.45) is 0 Å². The zero-order valence-electron chi connectivity index (χ0n) is 17.6. The Hall–Kier alpha value is -2.86. The first-order valence-electron chi connectivity index (χ1n) is 10.3. The van der Waals surface area contributed by atoms with Crippen molar-refractivity contribution in [3.05, 3.63) is 58.6 Å². The highest BCUT2D eigenvalue weighted by molar-refractivity contribution is 7.13. The number of aromatic nitrogens is 1. The summed E-state index contributed by atoms with van der Waals surface area (Å²) in [6.45, 7) is 5.36. The molecule has 0 unspecified atom stereocenters. The third kappa shape index (κ3) is 3.92. The molecule has 1 aromatic heterocycles. The van der Waals surface area contributed by atoms with E-state index in [1.807, 2.05) is 47.5 Å². The lowest BCUT2D eigenvalue weighted by molar-refractivity contribution is -0.118. The second-order valence-corrected chi connectivity index (χ2v) is 8.17. The van der Waals surface area contributed by atoms with E-state index in [4.69, 9.17) is 14.5 Å². The van der Waals surface area contributed by atoms with E-state index >= 15 is 0 Å². The summed E-state index contributed by atoms with van der Waals surface area (Å²) in [4.78, 5) is 19.8. The fourth-order valence-corrected chi connectivity index (χ4v) is 4.80. The molecule has 1 aliphatic rings. The molecule has 1 aliphatic heterocycles. The number of aryl methyl sites for hydroxylation is 1. The number of hydrogen-bond donors (Lipinski definition) is 0. The number of carbonyl (C=O) groups excluding carboxylic acids is 1. The molecule has 0 fully saturated rings. The maximum absolute atomic E-state index is 13.2. The number of thiazole rings is 1. The summed E-state index contributed by atoms with van der Waals surface area (Å²) in [5, 5.41) is 2.84. The maximum atomic E-state index is 13.2. The molecule has 0 spiro atoms. The van der Waals surface area contributed by atoms with E-state index in [0.29, 0.717) is 13.2 Å². The molecule has 2 aromatic carbocycles. The van der Waals surface area contributed by atoms with Gasteiger partial charge < -0.3 is 14.4 Å². The van der Waals surface area contributed by atoms with Crippen molar-refractivity contribution in [2.75, 3.05) is 25.2 Å². The van der Waals surface area contributed by atoms with Gasteiger partial charge in [0, 0.05) is 11.9 Å². The van der Waals surface area contributed by atoms with Crippen molar-refractivity contribution in [2.45, 2.75) is 33.1 Å². The van der Waals surface area contributed by atoms with Crippen LogP contribution < -0.4 is 14.4 Å². The fraction of sp³-hybridized carbons (Fsp3) is 0.333. The first-order chi connectivity index (χ1) is 14.6. The molecule has 6 heteroatoms.